The molecular weight excluding hydrogens is 258 g/mol. The number of esters is 1. The molecule has 104 valence electrons. The Balaban J connectivity index is 1.97. The molecule has 0 amide bonds. The first-order chi connectivity index (χ1) is 9.08. The average molecular weight is 279 g/mol. The van der Waals surface area contributed by atoms with Gasteiger partial charge in [-0.1, -0.05) is 26.0 Å². The standard InChI is InChI=1S/C15H21NO2S/c1-11-8-16(9-12(2)19-11)10-13-4-6-14(7-5-13)15(17)18-3/h4-7,11-12H,8-10H2,1-3H3. The number of hydrogen-bond acceptors (Lipinski definition) is 4. The fraction of sp³-hybridized carbons (Fsp3) is 0.533. The summed E-state index contributed by atoms with van der Waals surface area (Å²) in [5.41, 5.74) is 1.86. The molecule has 2 atom stereocenters. The number of ether oxygens (including phenoxy) is 1. The number of nitrogens with zero attached hydrogens (tertiary/aromatic N) is 1. The van der Waals surface area contributed by atoms with Gasteiger partial charge in [-0.25, -0.2) is 4.79 Å². The van der Waals surface area contributed by atoms with Crippen molar-refractivity contribution in [3.8, 4) is 0 Å². The molecule has 1 aromatic carbocycles. The minimum absolute atomic E-state index is 0.275. The first kappa shape index (κ1) is 14.4. The topological polar surface area (TPSA) is 29.5 Å². The molecule has 1 fully saturated rings. The molecule has 1 saturated heterocycles. The van der Waals surface area contributed by atoms with Gasteiger partial charge in [-0.15, -0.1) is 0 Å². The second-order valence-electron chi connectivity index (χ2n) is 5.14. The molecule has 4 heteroatoms. The van der Waals surface area contributed by atoms with Crippen molar-refractivity contribution in [1.82, 2.24) is 4.90 Å². The van der Waals surface area contributed by atoms with Crippen molar-refractivity contribution in [3.05, 3.63) is 35.4 Å². The number of rotatable bonds is 3. The Morgan fingerprint density at radius 2 is 1.84 bits per heavy atom. The van der Waals surface area contributed by atoms with E-state index in [0.717, 1.165) is 19.6 Å². The lowest BCUT2D eigenvalue weighted by molar-refractivity contribution is 0.0600. The molecule has 1 heterocycles. The third-order valence-corrected chi connectivity index (χ3v) is 4.50. The highest BCUT2D eigenvalue weighted by molar-refractivity contribution is 8.00. The van der Waals surface area contributed by atoms with E-state index in [0.29, 0.717) is 16.1 Å². The molecule has 2 rings (SSSR count). The molecule has 1 aromatic rings. The quantitative estimate of drug-likeness (QED) is 0.796. The Hall–Kier alpha value is -1.00. The summed E-state index contributed by atoms with van der Waals surface area (Å²) in [7, 11) is 1.41. The van der Waals surface area contributed by atoms with E-state index in [9.17, 15) is 4.79 Å². The van der Waals surface area contributed by atoms with Gasteiger partial charge in [0.1, 0.15) is 0 Å². The number of carbonyl (C=O) groups excluding carboxylic acids is 1. The fourth-order valence-electron chi connectivity index (χ4n) is 2.54. The number of hydrogen-bond donors (Lipinski definition) is 0. The van der Waals surface area contributed by atoms with E-state index in [-0.39, 0.29) is 5.97 Å². The Morgan fingerprint density at radius 1 is 1.26 bits per heavy atom. The maximum Gasteiger partial charge on any atom is 0.337 e. The van der Waals surface area contributed by atoms with Gasteiger partial charge in [0.25, 0.3) is 0 Å². The highest BCUT2D eigenvalue weighted by Crippen LogP contribution is 2.25. The van der Waals surface area contributed by atoms with Crippen LogP contribution in [0.3, 0.4) is 0 Å². The van der Waals surface area contributed by atoms with Crippen LogP contribution in [-0.2, 0) is 11.3 Å². The van der Waals surface area contributed by atoms with Crippen LogP contribution in [-0.4, -0.2) is 41.6 Å². The number of carbonyl (C=O) groups is 1. The smallest absolute Gasteiger partial charge is 0.337 e. The number of methoxy groups -OCH3 is 1. The maximum atomic E-state index is 11.4. The lowest BCUT2D eigenvalue weighted by atomic mass is 10.1. The summed E-state index contributed by atoms with van der Waals surface area (Å²) in [6.45, 7) is 7.79. The van der Waals surface area contributed by atoms with Gasteiger partial charge in [-0.05, 0) is 17.7 Å². The van der Waals surface area contributed by atoms with E-state index < -0.39 is 0 Å². The average Bonchev–Trinajstić information content (AvgIpc) is 2.37. The van der Waals surface area contributed by atoms with Crippen molar-refractivity contribution >= 4 is 17.7 Å². The van der Waals surface area contributed by atoms with E-state index in [4.69, 9.17) is 4.74 Å². The second kappa shape index (κ2) is 6.44. The Morgan fingerprint density at radius 3 is 2.37 bits per heavy atom. The first-order valence-corrected chi connectivity index (χ1v) is 7.58. The monoisotopic (exact) mass is 279 g/mol. The zero-order valence-corrected chi connectivity index (χ0v) is 12.6. The Labute approximate surface area is 119 Å². The molecule has 0 N–H and O–H groups in total. The highest BCUT2D eigenvalue weighted by Gasteiger charge is 2.22. The van der Waals surface area contributed by atoms with E-state index in [1.54, 1.807) is 0 Å². The summed E-state index contributed by atoms with van der Waals surface area (Å²) in [6.07, 6.45) is 0. The molecule has 3 nitrogen and oxygen atoms in total. The van der Waals surface area contributed by atoms with Crippen LogP contribution in [0, 0.1) is 0 Å². The summed E-state index contributed by atoms with van der Waals surface area (Å²) in [4.78, 5) is 13.9. The van der Waals surface area contributed by atoms with Crippen LogP contribution in [0.25, 0.3) is 0 Å². The van der Waals surface area contributed by atoms with Crippen molar-refractivity contribution < 1.29 is 9.53 Å². The zero-order chi connectivity index (χ0) is 13.8. The van der Waals surface area contributed by atoms with Crippen molar-refractivity contribution in [2.45, 2.75) is 30.9 Å². The summed E-state index contributed by atoms with van der Waals surface area (Å²) >= 11 is 2.06. The first-order valence-electron chi connectivity index (χ1n) is 6.63. The van der Waals surface area contributed by atoms with Gasteiger partial charge in [0.2, 0.25) is 0 Å². The zero-order valence-electron chi connectivity index (χ0n) is 11.8. The third-order valence-electron chi connectivity index (χ3n) is 3.28. The van der Waals surface area contributed by atoms with E-state index >= 15 is 0 Å². The van der Waals surface area contributed by atoms with Crippen LogP contribution in [0.2, 0.25) is 0 Å². The van der Waals surface area contributed by atoms with Crippen molar-refractivity contribution in [3.63, 3.8) is 0 Å². The largest absolute Gasteiger partial charge is 0.465 e. The molecular formula is C15H21NO2S. The van der Waals surface area contributed by atoms with Gasteiger partial charge in [-0.2, -0.15) is 11.8 Å². The van der Waals surface area contributed by atoms with Crippen LogP contribution in [0.5, 0.6) is 0 Å². The van der Waals surface area contributed by atoms with Gasteiger partial charge in [0.15, 0.2) is 0 Å². The summed E-state index contributed by atoms with van der Waals surface area (Å²) < 4.78 is 4.70. The SMILES string of the molecule is COC(=O)c1ccc(CN2CC(C)SC(C)C2)cc1. The predicted octanol–water partition coefficient (Wildman–Crippen LogP) is 2.80. The molecule has 2 unspecified atom stereocenters. The third kappa shape index (κ3) is 3.98. The molecule has 19 heavy (non-hydrogen) atoms. The lowest BCUT2D eigenvalue weighted by Crippen LogP contribution is -2.39. The van der Waals surface area contributed by atoms with Crippen molar-refractivity contribution in [2.24, 2.45) is 0 Å². The number of benzene rings is 1. The molecule has 0 radical (unpaired) electrons. The second-order valence-corrected chi connectivity index (χ2v) is 7.02. The minimum atomic E-state index is -0.275. The van der Waals surface area contributed by atoms with Crippen molar-refractivity contribution in [1.29, 1.82) is 0 Å². The fourth-order valence-corrected chi connectivity index (χ4v) is 3.92. The van der Waals surface area contributed by atoms with Gasteiger partial charge >= 0.3 is 5.97 Å². The molecule has 1 aliphatic heterocycles. The van der Waals surface area contributed by atoms with Crippen LogP contribution in [0.4, 0.5) is 0 Å². The van der Waals surface area contributed by atoms with Gasteiger partial charge < -0.3 is 4.74 Å². The molecule has 1 aliphatic rings. The van der Waals surface area contributed by atoms with Crippen LogP contribution < -0.4 is 0 Å². The maximum absolute atomic E-state index is 11.4. The van der Waals surface area contributed by atoms with Crippen LogP contribution in [0.1, 0.15) is 29.8 Å². The minimum Gasteiger partial charge on any atom is -0.465 e. The molecule has 0 aliphatic carbocycles. The molecule has 0 bridgehead atoms. The van der Waals surface area contributed by atoms with Gasteiger partial charge in [0, 0.05) is 30.1 Å². The molecule has 0 aromatic heterocycles. The van der Waals surface area contributed by atoms with Crippen LogP contribution in [0.15, 0.2) is 24.3 Å². The lowest BCUT2D eigenvalue weighted by Gasteiger charge is -2.34. The number of thioether (sulfide) groups is 1. The van der Waals surface area contributed by atoms with E-state index in [2.05, 4.69) is 30.5 Å². The molecule has 0 saturated carbocycles. The highest BCUT2D eigenvalue weighted by atomic mass is 32.2. The van der Waals surface area contributed by atoms with Crippen molar-refractivity contribution in [2.75, 3.05) is 20.2 Å². The predicted molar refractivity (Wildman–Crippen MR) is 79.6 cm³/mol. The Kier molecular flexibility index (Phi) is 4.88. The summed E-state index contributed by atoms with van der Waals surface area (Å²) in [5, 5.41) is 1.39. The van der Waals surface area contributed by atoms with E-state index in [1.165, 1.54) is 12.7 Å². The Bertz CT molecular complexity index is 422. The molecule has 0 spiro atoms. The van der Waals surface area contributed by atoms with Gasteiger partial charge in [-0.3, -0.25) is 4.90 Å². The normalized spacial score (nSPS) is 24.2. The van der Waals surface area contributed by atoms with E-state index in [1.807, 2.05) is 24.3 Å². The van der Waals surface area contributed by atoms with Crippen LogP contribution >= 0.6 is 11.8 Å². The summed E-state index contributed by atoms with van der Waals surface area (Å²) in [5.74, 6) is -0.275. The summed E-state index contributed by atoms with van der Waals surface area (Å²) in [6, 6.07) is 7.71. The van der Waals surface area contributed by atoms with Gasteiger partial charge in [0.05, 0.1) is 12.7 Å².